The van der Waals surface area contributed by atoms with Crippen LogP contribution in [0.25, 0.3) is 0 Å². The van der Waals surface area contributed by atoms with Gasteiger partial charge in [-0.1, -0.05) is 11.6 Å². The van der Waals surface area contributed by atoms with Crippen LogP contribution in [0.3, 0.4) is 0 Å². The van der Waals surface area contributed by atoms with E-state index in [1.165, 1.54) is 12.4 Å². The molecule has 0 aromatic carbocycles. The monoisotopic (exact) mass is 228 g/mol. The van der Waals surface area contributed by atoms with Crippen molar-refractivity contribution in [2.45, 2.75) is 19.9 Å². The number of carbonyl (C=O) groups excluding carboxylic acids is 1. The van der Waals surface area contributed by atoms with Crippen LogP contribution in [0.15, 0.2) is 12.4 Å². The number of hydrogen-bond donors (Lipinski definition) is 2. The van der Waals surface area contributed by atoms with Crippen LogP contribution >= 0.6 is 11.6 Å². The van der Waals surface area contributed by atoms with Gasteiger partial charge in [0, 0.05) is 6.04 Å². The van der Waals surface area contributed by atoms with Crippen LogP contribution in [0, 0.1) is 0 Å². The second-order valence-corrected chi connectivity index (χ2v) is 3.74. The summed E-state index contributed by atoms with van der Waals surface area (Å²) in [5, 5.41) is 5.99. The van der Waals surface area contributed by atoms with Crippen molar-refractivity contribution < 1.29 is 4.79 Å². The molecule has 0 aliphatic rings. The fourth-order valence-corrected chi connectivity index (χ4v) is 1.03. The van der Waals surface area contributed by atoms with Crippen molar-refractivity contribution in [1.29, 1.82) is 0 Å². The molecule has 0 saturated carbocycles. The molecule has 0 fully saturated rings. The Morgan fingerprint density at radius 1 is 1.47 bits per heavy atom. The summed E-state index contributed by atoms with van der Waals surface area (Å²) in [5.41, 5.74) is 0. The number of nitrogens with one attached hydrogen (secondary N) is 2. The Kier molecular flexibility index (Phi) is 4.30. The molecule has 1 heterocycles. The molecule has 1 aromatic rings. The number of halogens is 1. The van der Waals surface area contributed by atoms with E-state index in [9.17, 15) is 4.79 Å². The molecule has 82 valence electrons. The topological polar surface area (TPSA) is 66.9 Å². The first kappa shape index (κ1) is 11.7. The van der Waals surface area contributed by atoms with E-state index in [4.69, 9.17) is 11.6 Å². The van der Waals surface area contributed by atoms with Gasteiger partial charge in [0.2, 0.25) is 11.9 Å². The third-order valence-electron chi connectivity index (χ3n) is 1.48. The van der Waals surface area contributed by atoms with E-state index < -0.39 is 0 Å². The van der Waals surface area contributed by atoms with Gasteiger partial charge in [0.25, 0.3) is 0 Å². The van der Waals surface area contributed by atoms with Crippen LogP contribution in [0.2, 0.25) is 5.02 Å². The molecule has 0 bridgehead atoms. The number of hydrogen-bond acceptors (Lipinski definition) is 4. The lowest BCUT2D eigenvalue weighted by molar-refractivity contribution is -0.119. The number of nitrogens with zero attached hydrogens (tertiary/aromatic N) is 2. The summed E-state index contributed by atoms with van der Waals surface area (Å²) in [6, 6.07) is 0.130. The zero-order valence-electron chi connectivity index (χ0n) is 8.62. The summed E-state index contributed by atoms with van der Waals surface area (Å²) in [7, 11) is 0. The number of rotatable bonds is 4. The van der Waals surface area contributed by atoms with Gasteiger partial charge in [-0.25, -0.2) is 9.97 Å². The van der Waals surface area contributed by atoms with E-state index in [0.717, 1.165) is 0 Å². The normalized spacial score (nSPS) is 10.1. The van der Waals surface area contributed by atoms with E-state index in [1.54, 1.807) is 0 Å². The number of amides is 1. The Morgan fingerprint density at radius 3 is 2.60 bits per heavy atom. The van der Waals surface area contributed by atoms with Crippen LogP contribution < -0.4 is 10.6 Å². The molecule has 5 nitrogen and oxygen atoms in total. The lowest BCUT2D eigenvalue weighted by Gasteiger charge is -2.08. The Labute approximate surface area is 93.3 Å². The second kappa shape index (κ2) is 5.50. The highest BCUT2D eigenvalue weighted by atomic mass is 35.5. The van der Waals surface area contributed by atoms with E-state index in [0.29, 0.717) is 11.0 Å². The van der Waals surface area contributed by atoms with Gasteiger partial charge >= 0.3 is 0 Å². The molecule has 6 heteroatoms. The van der Waals surface area contributed by atoms with Crippen molar-refractivity contribution >= 4 is 23.5 Å². The zero-order valence-corrected chi connectivity index (χ0v) is 9.38. The first-order valence-electron chi connectivity index (χ1n) is 4.58. The molecular weight excluding hydrogens is 216 g/mol. The molecule has 0 radical (unpaired) electrons. The molecule has 1 amide bonds. The summed E-state index contributed by atoms with van der Waals surface area (Å²) in [4.78, 5) is 19.0. The first-order chi connectivity index (χ1) is 7.08. The quantitative estimate of drug-likeness (QED) is 0.809. The average Bonchev–Trinajstić information content (AvgIpc) is 2.16. The largest absolute Gasteiger partial charge is 0.352 e. The van der Waals surface area contributed by atoms with Gasteiger partial charge in [0.1, 0.15) is 0 Å². The minimum atomic E-state index is -0.0939. The standard InChI is InChI=1S/C9H13ClN4O/c1-6(2)14-8(15)5-13-9-11-3-7(10)4-12-9/h3-4,6H,5H2,1-2H3,(H,14,15)(H,11,12,13). The lowest BCUT2D eigenvalue weighted by atomic mass is 10.4. The summed E-state index contributed by atoms with van der Waals surface area (Å²) in [6.45, 7) is 3.95. The summed E-state index contributed by atoms with van der Waals surface area (Å²) < 4.78 is 0. The van der Waals surface area contributed by atoms with E-state index >= 15 is 0 Å². The molecular formula is C9H13ClN4O. The van der Waals surface area contributed by atoms with Gasteiger partial charge < -0.3 is 10.6 Å². The minimum Gasteiger partial charge on any atom is -0.352 e. The van der Waals surface area contributed by atoms with Gasteiger partial charge in [0.15, 0.2) is 0 Å². The lowest BCUT2D eigenvalue weighted by Crippen LogP contribution is -2.35. The van der Waals surface area contributed by atoms with Gasteiger partial charge in [-0.3, -0.25) is 4.79 Å². The molecule has 0 unspecified atom stereocenters. The fraction of sp³-hybridized carbons (Fsp3) is 0.444. The number of carbonyl (C=O) groups is 1. The Hall–Kier alpha value is -1.36. The maximum Gasteiger partial charge on any atom is 0.239 e. The van der Waals surface area contributed by atoms with Crippen molar-refractivity contribution in [1.82, 2.24) is 15.3 Å². The highest BCUT2D eigenvalue weighted by Crippen LogP contribution is 2.04. The van der Waals surface area contributed by atoms with Crippen LogP contribution in [-0.2, 0) is 4.79 Å². The summed E-state index contributed by atoms with van der Waals surface area (Å²) in [5.74, 6) is 0.293. The van der Waals surface area contributed by atoms with Crippen molar-refractivity contribution in [3.63, 3.8) is 0 Å². The highest BCUT2D eigenvalue weighted by molar-refractivity contribution is 6.30. The van der Waals surface area contributed by atoms with E-state index in [-0.39, 0.29) is 18.5 Å². The third-order valence-corrected chi connectivity index (χ3v) is 1.67. The maximum atomic E-state index is 11.2. The molecule has 2 N–H and O–H groups in total. The van der Waals surface area contributed by atoms with Crippen molar-refractivity contribution in [2.75, 3.05) is 11.9 Å². The van der Waals surface area contributed by atoms with Crippen LogP contribution in [0.1, 0.15) is 13.8 Å². The molecule has 0 aliphatic carbocycles. The van der Waals surface area contributed by atoms with Gasteiger partial charge in [-0.05, 0) is 13.8 Å². The second-order valence-electron chi connectivity index (χ2n) is 3.30. The third kappa shape index (κ3) is 4.60. The number of aromatic nitrogens is 2. The Bertz CT molecular complexity index is 325. The van der Waals surface area contributed by atoms with Gasteiger partial charge in [-0.15, -0.1) is 0 Å². The maximum absolute atomic E-state index is 11.2. The summed E-state index contributed by atoms with van der Waals surface area (Å²) in [6.07, 6.45) is 2.94. The zero-order chi connectivity index (χ0) is 11.3. The SMILES string of the molecule is CC(C)NC(=O)CNc1ncc(Cl)cn1. The predicted molar refractivity (Wildman–Crippen MR) is 58.8 cm³/mol. The molecule has 0 saturated heterocycles. The number of anilines is 1. The smallest absolute Gasteiger partial charge is 0.239 e. The van der Waals surface area contributed by atoms with Crippen LogP contribution in [0.4, 0.5) is 5.95 Å². The predicted octanol–water partition coefficient (Wildman–Crippen LogP) is 1.07. The molecule has 0 aliphatic heterocycles. The van der Waals surface area contributed by atoms with Crippen LogP contribution in [-0.4, -0.2) is 28.5 Å². The average molecular weight is 229 g/mol. The first-order valence-corrected chi connectivity index (χ1v) is 4.96. The molecule has 1 aromatic heterocycles. The van der Waals surface area contributed by atoms with E-state index in [2.05, 4.69) is 20.6 Å². The Balaban J connectivity index is 2.37. The van der Waals surface area contributed by atoms with Crippen molar-refractivity contribution in [3.8, 4) is 0 Å². The Morgan fingerprint density at radius 2 is 2.07 bits per heavy atom. The highest BCUT2D eigenvalue weighted by Gasteiger charge is 2.03. The molecule has 0 atom stereocenters. The van der Waals surface area contributed by atoms with Gasteiger partial charge in [-0.2, -0.15) is 0 Å². The molecule has 0 spiro atoms. The molecule has 15 heavy (non-hydrogen) atoms. The minimum absolute atomic E-state index is 0.0939. The van der Waals surface area contributed by atoms with Crippen LogP contribution in [0.5, 0.6) is 0 Å². The molecule has 1 rings (SSSR count). The fourth-order valence-electron chi connectivity index (χ4n) is 0.936. The van der Waals surface area contributed by atoms with Crippen molar-refractivity contribution in [2.24, 2.45) is 0 Å². The van der Waals surface area contributed by atoms with E-state index in [1.807, 2.05) is 13.8 Å². The van der Waals surface area contributed by atoms with Crippen molar-refractivity contribution in [3.05, 3.63) is 17.4 Å². The summed E-state index contributed by atoms with van der Waals surface area (Å²) >= 11 is 5.61. The van der Waals surface area contributed by atoms with Gasteiger partial charge in [0.05, 0.1) is 24.0 Å².